The summed E-state index contributed by atoms with van der Waals surface area (Å²) in [5, 5.41) is 3.07. The smallest absolute Gasteiger partial charge is 0.268 e. The largest absolute Gasteiger partial charge is 0.344 e. The maximum absolute atomic E-state index is 12.2. The van der Waals surface area contributed by atoms with Gasteiger partial charge in [-0.25, -0.2) is 0 Å². The van der Waals surface area contributed by atoms with Crippen molar-refractivity contribution < 1.29 is 4.79 Å². The fraction of sp³-hybridized carbons (Fsp3) is 0.615. The van der Waals surface area contributed by atoms with Crippen molar-refractivity contribution in [2.24, 2.45) is 12.8 Å². The zero-order chi connectivity index (χ0) is 13.1. The van der Waals surface area contributed by atoms with Crippen molar-refractivity contribution in [1.82, 2.24) is 9.88 Å². The lowest BCUT2D eigenvalue weighted by Crippen LogP contribution is -2.53. The molecule has 1 rings (SSSR count). The van der Waals surface area contributed by atoms with E-state index in [1.165, 1.54) is 0 Å². The third-order valence-electron chi connectivity index (χ3n) is 3.73. The zero-order valence-electron chi connectivity index (χ0n) is 11.6. The highest BCUT2D eigenvalue weighted by atomic mass is 35.5. The first-order chi connectivity index (χ1) is 7.99. The summed E-state index contributed by atoms with van der Waals surface area (Å²) in [5.74, 6) is -0.0465. The molecular weight excluding hydrogens is 250 g/mol. The Morgan fingerprint density at radius 1 is 1.39 bits per heavy atom. The number of carbonyl (C=O) groups is 1. The van der Waals surface area contributed by atoms with Crippen LogP contribution in [-0.2, 0) is 7.05 Å². The lowest BCUT2D eigenvalue weighted by molar-refractivity contribution is 0.0886. The van der Waals surface area contributed by atoms with E-state index in [4.69, 9.17) is 5.73 Å². The fourth-order valence-electron chi connectivity index (χ4n) is 1.91. The minimum absolute atomic E-state index is 0. The quantitative estimate of drug-likeness (QED) is 0.862. The first-order valence-electron chi connectivity index (χ1n) is 6.14. The van der Waals surface area contributed by atoms with E-state index < -0.39 is 0 Å². The third-order valence-corrected chi connectivity index (χ3v) is 3.73. The van der Waals surface area contributed by atoms with Gasteiger partial charge in [-0.3, -0.25) is 4.79 Å². The van der Waals surface area contributed by atoms with Gasteiger partial charge >= 0.3 is 0 Å². The van der Waals surface area contributed by atoms with E-state index in [1.54, 1.807) is 0 Å². The molecule has 104 valence electrons. The van der Waals surface area contributed by atoms with Gasteiger partial charge in [-0.1, -0.05) is 13.8 Å². The second kappa shape index (κ2) is 6.81. The summed E-state index contributed by atoms with van der Waals surface area (Å²) in [6.07, 6.45) is 1.68. The molecule has 4 nitrogen and oxygen atoms in total. The van der Waals surface area contributed by atoms with Gasteiger partial charge in [-0.05, 0) is 31.9 Å². The number of halogens is 1. The molecule has 0 aliphatic carbocycles. The van der Waals surface area contributed by atoms with Crippen LogP contribution in [-0.4, -0.2) is 22.6 Å². The average molecular weight is 274 g/mol. The predicted molar refractivity (Wildman–Crippen MR) is 77.2 cm³/mol. The molecule has 0 spiro atoms. The summed E-state index contributed by atoms with van der Waals surface area (Å²) in [6, 6.07) is 3.79. The Labute approximate surface area is 115 Å². The highest BCUT2D eigenvalue weighted by Crippen LogP contribution is 2.15. The van der Waals surface area contributed by atoms with Crippen molar-refractivity contribution in [1.29, 1.82) is 0 Å². The highest BCUT2D eigenvalue weighted by molar-refractivity contribution is 5.93. The van der Waals surface area contributed by atoms with Crippen LogP contribution in [0.3, 0.4) is 0 Å². The van der Waals surface area contributed by atoms with Crippen molar-refractivity contribution in [3.8, 4) is 0 Å². The first-order valence-corrected chi connectivity index (χ1v) is 6.14. The van der Waals surface area contributed by atoms with Gasteiger partial charge in [0, 0.05) is 19.3 Å². The molecule has 1 amide bonds. The molecule has 0 radical (unpaired) electrons. The maximum atomic E-state index is 12.2. The maximum Gasteiger partial charge on any atom is 0.268 e. The monoisotopic (exact) mass is 273 g/mol. The predicted octanol–water partition coefficient (Wildman–Crippen LogP) is 2.00. The molecule has 1 aromatic heterocycles. The molecular formula is C13H24ClN3O. The molecule has 0 aliphatic heterocycles. The van der Waals surface area contributed by atoms with E-state index in [9.17, 15) is 4.79 Å². The molecule has 0 aromatic carbocycles. The number of rotatable bonds is 5. The summed E-state index contributed by atoms with van der Waals surface area (Å²) in [6.45, 7) is 6.54. The van der Waals surface area contributed by atoms with Gasteiger partial charge in [0.25, 0.3) is 5.91 Å². The summed E-state index contributed by atoms with van der Waals surface area (Å²) in [4.78, 5) is 12.2. The van der Waals surface area contributed by atoms with E-state index in [0.717, 1.165) is 18.5 Å². The Bertz CT molecular complexity index is 389. The molecule has 0 atom stereocenters. The van der Waals surface area contributed by atoms with Gasteiger partial charge in [0.1, 0.15) is 5.69 Å². The molecule has 5 heteroatoms. The number of carbonyl (C=O) groups excluding carboxylic acids is 1. The Kier molecular flexibility index (Phi) is 6.43. The number of hydrogen-bond donors (Lipinski definition) is 2. The van der Waals surface area contributed by atoms with Crippen LogP contribution in [0.25, 0.3) is 0 Å². The number of amides is 1. The van der Waals surface area contributed by atoms with Crippen LogP contribution in [0.2, 0.25) is 0 Å². The van der Waals surface area contributed by atoms with Gasteiger partial charge < -0.3 is 15.6 Å². The number of nitrogens with zero attached hydrogens (tertiary/aromatic N) is 1. The molecule has 0 saturated carbocycles. The Morgan fingerprint density at radius 3 is 2.28 bits per heavy atom. The van der Waals surface area contributed by atoms with Crippen LogP contribution in [0.5, 0.6) is 0 Å². The van der Waals surface area contributed by atoms with Crippen LogP contribution < -0.4 is 11.1 Å². The number of aryl methyl sites for hydroxylation is 1. The summed E-state index contributed by atoms with van der Waals surface area (Å²) < 4.78 is 1.89. The molecule has 0 saturated heterocycles. The minimum Gasteiger partial charge on any atom is -0.344 e. The van der Waals surface area contributed by atoms with E-state index in [1.807, 2.05) is 44.5 Å². The molecule has 0 bridgehead atoms. The number of nitrogens with one attached hydrogen (secondary N) is 1. The molecule has 1 aromatic rings. The minimum atomic E-state index is -0.282. The highest BCUT2D eigenvalue weighted by Gasteiger charge is 2.27. The Hall–Kier alpha value is -1.00. The lowest BCUT2D eigenvalue weighted by atomic mass is 9.93. The average Bonchev–Trinajstić information content (AvgIpc) is 2.67. The fourth-order valence-corrected chi connectivity index (χ4v) is 1.91. The molecule has 18 heavy (non-hydrogen) atoms. The summed E-state index contributed by atoms with van der Waals surface area (Å²) >= 11 is 0. The van der Waals surface area contributed by atoms with Crippen molar-refractivity contribution in [2.45, 2.75) is 39.2 Å². The molecule has 0 unspecified atom stereocenters. The third kappa shape index (κ3) is 3.27. The van der Waals surface area contributed by atoms with Gasteiger partial charge in [0.2, 0.25) is 0 Å². The topological polar surface area (TPSA) is 60.0 Å². The van der Waals surface area contributed by atoms with Crippen LogP contribution in [0.4, 0.5) is 0 Å². The molecule has 0 fully saturated rings. The Morgan fingerprint density at radius 2 is 1.94 bits per heavy atom. The first kappa shape index (κ1) is 17.0. The van der Waals surface area contributed by atoms with Gasteiger partial charge in [0.05, 0.1) is 5.54 Å². The van der Waals surface area contributed by atoms with Crippen LogP contribution in [0.1, 0.15) is 42.9 Å². The van der Waals surface area contributed by atoms with Crippen LogP contribution in [0, 0.1) is 6.92 Å². The Balaban J connectivity index is 0.00000289. The molecule has 3 N–H and O–H groups in total. The van der Waals surface area contributed by atoms with Crippen molar-refractivity contribution >= 4 is 18.3 Å². The summed E-state index contributed by atoms with van der Waals surface area (Å²) in [5.41, 5.74) is 7.25. The number of nitrogens with two attached hydrogens (primary N) is 1. The van der Waals surface area contributed by atoms with Crippen molar-refractivity contribution in [3.63, 3.8) is 0 Å². The van der Waals surface area contributed by atoms with E-state index in [0.29, 0.717) is 12.2 Å². The van der Waals surface area contributed by atoms with Crippen molar-refractivity contribution in [3.05, 3.63) is 23.5 Å². The van der Waals surface area contributed by atoms with E-state index in [2.05, 4.69) is 5.32 Å². The van der Waals surface area contributed by atoms with Gasteiger partial charge in [0.15, 0.2) is 0 Å². The second-order valence-electron chi connectivity index (χ2n) is 4.56. The van der Waals surface area contributed by atoms with Crippen molar-refractivity contribution in [2.75, 3.05) is 6.54 Å². The van der Waals surface area contributed by atoms with Gasteiger partial charge in [-0.15, -0.1) is 12.4 Å². The van der Waals surface area contributed by atoms with Crippen LogP contribution in [0.15, 0.2) is 12.1 Å². The number of hydrogen-bond acceptors (Lipinski definition) is 2. The molecule has 0 aliphatic rings. The summed E-state index contributed by atoms with van der Waals surface area (Å²) in [7, 11) is 1.90. The molecule has 1 heterocycles. The number of aromatic nitrogens is 1. The SMILES string of the molecule is CCC(CC)(CN)NC(=O)c1ccc(C)n1C.Cl. The second-order valence-corrected chi connectivity index (χ2v) is 4.56. The lowest BCUT2D eigenvalue weighted by Gasteiger charge is -2.31. The van der Waals surface area contributed by atoms with Gasteiger partial charge in [-0.2, -0.15) is 0 Å². The van der Waals surface area contributed by atoms with Crippen LogP contribution >= 0.6 is 12.4 Å². The zero-order valence-corrected chi connectivity index (χ0v) is 12.4. The van der Waals surface area contributed by atoms with E-state index >= 15 is 0 Å². The normalized spacial score (nSPS) is 10.9. The van der Waals surface area contributed by atoms with E-state index in [-0.39, 0.29) is 23.9 Å². The standard InChI is InChI=1S/C13H23N3O.ClH/c1-5-13(6-2,9-14)15-12(17)11-8-7-10(3)16(11)4;/h7-8H,5-6,9,14H2,1-4H3,(H,15,17);1H.